The second kappa shape index (κ2) is 13.2. The Morgan fingerprint density at radius 2 is 1.77 bits per heavy atom. The van der Waals surface area contributed by atoms with Crippen LogP contribution in [-0.2, 0) is 6.42 Å². The monoisotopic (exact) mass is 610 g/mol. The summed E-state index contributed by atoms with van der Waals surface area (Å²) in [6, 6.07) is 23.2. The number of hydrogen-bond donors (Lipinski definition) is 2. The summed E-state index contributed by atoms with van der Waals surface area (Å²) in [5, 5.41) is 16.4. The molecule has 1 heterocycles. The van der Waals surface area contributed by atoms with Crippen LogP contribution in [0.3, 0.4) is 0 Å². The minimum atomic E-state index is -0.701. The summed E-state index contributed by atoms with van der Waals surface area (Å²) >= 11 is 6.55. The minimum Gasteiger partial charge on any atom is -0.490 e. The van der Waals surface area contributed by atoms with Gasteiger partial charge in [-0.25, -0.2) is 10.2 Å². The van der Waals surface area contributed by atoms with Gasteiger partial charge < -0.3 is 14.5 Å². The minimum absolute atomic E-state index is 0.136. The van der Waals surface area contributed by atoms with E-state index in [4.69, 9.17) is 21.1 Å². The number of amides is 1. The second-order valence-corrected chi connectivity index (χ2v) is 9.99. The number of esters is 1. The molecule has 44 heavy (non-hydrogen) atoms. The molecule has 11 heteroatoms. The predicted molar refractivity (Wildman–Crippen MR) is 169 cm³/mol. The van der Waals surface area contributed by atoms with Gasteiger partial charge in [0.15, 0.2) is 11.5 Å². The van der Waals surface area contributed by atoms with Crippen LogP contribution < -0.4 is 14.9 Å². The lowest BCUT2D eigenvalue weighted by molar-refractivity contribution is -0.384. The number of fused-ring (bicyclic) bond motifs is 1. The van der Waals surface area contributed by atoms with Crippen molar-refractivity contribution in [1.29, 1.82) is 0 Å². The van der Waals surface area contributed by atoms with Crippen LogP contribution in [0.5, 0.6) is 11.5 Å². The molecular weight excluding hydrogens is 584 g/mol. The Morgan fingerprint density at radius 1 is 1.00 bits per heavy atom. The number of aryl methyl sites for hydroxylation is 1. The SMILES string of the molecule is CCOc1cc(C=NNC(=O)c2[nH]c3c(CC)cccc3c2-c2ccccc2Cl)ccc1OC(=O)c1ccc([N+](=O)[O-])cc1. The Morgan fingerprint density at radius 3 is 2.48 bits per heavy atom. The fourth-order valence-corrected chi connectivity index (χ4v) is 4.97. The molecule has 4 aromatic carbocycles. The van der Waals surface area contributed by atoms with Crippen molar-refractivity contribution < 1.29 is 24.0 Å². The summed E-state index contributed by atoms with van der Waals surface area (Å²) in [6.07, 6.45) is 2.22. The lowest BCUT2D eigenvalue weighted by Crippen LogP contribution is -2.19. The van der Waals surface area contributed by atoms with E-state index in [2.05, 4.69) is 15.5 Å². The van der Waals surface area contributed by atoms with Crippen molar-refractivity contribution >= 4 is 46.3 Å². The molecule has 0 atom stereocenters. The maximum atomic E-state index is 13.4. The van der Waals surface area contributed by atoms with Crippen molar-refractivity contribution in [3.8, 4) is 22.6 Å². The van der Waals surface area contributed by atoms with E-state index in [1.54, 1.807) is 25.1 Å². The molecule has 0 saturated carbocycles. The van der Waals surface area contributed by atoms with E-state index < -0.39 is 16.8 Å². The molecule has 0 radical (unpaired) electrons. The smallest absolute Gasteiger partial charge is 0.343 e. The third-order valence-electron chi connectivity index (χ3n) is 6.84. The number of nitro groups is 1. The van der Waals surface area contributed by atoms with Crippen LogP contribution in [0.25, 0.3) is 22.0 Å². The number of nitrogens with zero attached hydrogens (tertiary/aromatic N) is 2. The van der Waals surface area contributed by atoms with Crippen LogP contribution in [0.15, 0.2) is 90.0 Å². The number of nitrogens with one attached hydrogen (secondary N) is 2. The highest BCUT2D eigenvalue weighted by Crippen LogP contribution is 2.38. The summed E-state index contributed by atoms with van der Waals surface area (Å²) in [4.78, 5) is 39.7. The van der Waals surface area contributed by atoms with Crippen molar-refractivity contribution in [2.45, 2.75) is 20.3 Å². The first kappa shape index (κ1) is 30.0. The molecule has 10 nitrogen and oxygen atoms in total. The lowest BCUT2D eigenvalue weighted by atomic mass is 9.99. The number of hydrogen-bond acceptors (Lipinski definition) is 7. The highest BCUT2D eigenvalue weighted by atomic mass is 35.5. The number of carbonyl (C=O) groups excluding carboxylic acids is 2. The Kier molecular flexibility index (Phi) is 9.01. The van der Waals surface area contributed by atoms with Gasteiger partial charge in [-0.05, 0) is 60.9 Å². The Balaban J connectivity index is 1.37. The molecule has 1 amide bonds. The molecule has 0 aliphatic heterocycles. The van der Waals surface area contributed by atoms with Gasteiger partial charge in [0.05, 0.1) is 23.3 Å². The second-order valence-electron chi connectivity index (χ2n) is 9.58. The van der Waals surface area contributed by atoms with Gasteiger partial charge in [0.1, 0.15) is 5.69 Å². The first-order chi connectivity index (χ1) is 21.3. The van der Waals surface area contributed by atoms with Gasteiger partial charge in [-0.1, -0.05) is 54.9 Å². The maximum Gasteiger partial charge on any atom is 0.343 e. The molecule has 0 aliphatic rings. The molecule has 0 spiro atoms. The van der Waals surface area contributed by atoms with Crippen LogP contribution in [0.2, 0.25) is 5.02 Å². The van der Waals surface area contributed by atoms with Gasteiger partial charge in [0.2, 0.25) is 0 Å². The van der Waals surface area contributed by atoms with E-state index >= 15 is 0 Å². The number of carbonyl (C=O) groups is 2. The number of halogens is 1. The van der Waals surface area contributed by atoms with Crippen LogP contribution in [0.4, 0.5) is 5.69 Å². The summed E-state index contributed by atoms with van der Waals surface area (Å²) in [7, 11) is 0. The Bertz CT molecular complexity index is 1900. The first-order valence-corrected chi connectivity index (χ1v) is 14.1. The van der Waals surface area contributed by atoms with Gasteiger partial charge >= 0.3 is 5.97 Å². The quantitative estimate of drug-likeness (QED) is 0.0558. The summed E-state index contributed by atoms with van der Waals surface area (Å²) in [5.41, 5.74) is 6.83. The Hall–Kier alpha value is -5.48. The zero-order chi connectivity index (χ0) is 31.2. The van der Waals surface area contributed by atoms with Crippen molar-refractivity contribution in [2.24, 2.45) is 5.10 Å². The number of aromatic nitrogens is 1. The highest BCUT2D eigenvalue weighted by molar-refractivity contribution is 6.34. The molecule has 0 bridgehead atoms. The number of non-ortho nitro benzene ring substituents is 1. The van der Waals surface area contributed by atoms with Gasteiger partial charge in [-0.15, -0.1) is 0 Å². The molecule has 0 fully saturated rings. The van der Waals surface area contributed by atoms with Crippen molar-refractivity contribution in [1.82, 2.24) is 10.4 Å². The lowest BCUT2D eigenvalue weighted by Gasteiger charge is -2.11. The number of benzene rings is 4. The number of H-pyrrole nitrogens is 1. The third-order valence-corrected chi connectivity index (χ3v) is 7.16. The zero-order valence-corrected chi connectivity index (χ0v) is 24.6. The van der Waals surface area contributed by atoms with Gasteiger partial charge in [0, 0.05) is 39.2 Å². The zero-order valence-electron chi connectivity index (χ0n) is 23.8. The average Bonchev–Trinajstić information content (AvgIpc) is 3.42. The predicted octanol–water partition coefficient (Wildman–Crippen LogP) is 7.34. The normalized spacial score (nSPS) is 11.1. The molecule has 1 aromatic heterocycles. The molecule has 0 unspecified atom stereocenters. The highest BCUT2D eigenvalue weighted by Gasteiger charge is 2.22. The number of para-hydroxylation sites is 1. The van der Waals surface area contributed by atoms with E-state index in [1.165, 1.54) is 36.5 Å². The molecule has 222 valence electrons. The maximum absolute atomic E-state index is 13.4. The van der Waals surface area contributed by atoms with Crippen LogP contribution in [0, 0.1) is 10.1 Å². The fourth-order valence-electron chi connectivity index (χ4n) is 4.74. The number of nitro benzene ring substituents is 1. The topological polar surface area (TPSA) is 136 Å². The van der Waals surface area contributed by atoms with Crippen LogP contribution in [-0.4, -0.2) is 34.6 Å². The molecule has 0 aliphatic carbocycles. The number of aromatic amines is 1. The standard InChI is InChI=1S/C33H27ClN4O6/c1-3-21-8-7-10-25-29(24-9-5-6-11-26(24)34)31(36-30(21)25)32(39)37-35-19-20-12-17-27(28(18-20)43-4-2)44-33(40)22-13-15-23(16-14-22)38(41)42/h5-19,36H,3-4H2,1-2H3,(H,37,39). The van der Waals surface area contributed by atoms with Gasteiger partial charge in [-0.3, -0.25) is 14.9 Å². The number of hydrazone groups is 1. The van der Waals surface area contributed by atoms with E-state index in [0.717, 1.165) is 28.5 Å². The molecule has 0 saturated heterocycles. The Labute approximate surface area is 257 Å². The first-order valence-electron chi connectivity index (χ1n) is 13.8. The van der Waals surface area contributed by atoms with Crippen molar-refractivity contribution in [3.05, 3.63) is 122 Å². The molecule has 2 N–H and O–H groups in total. The van der Waals surface area contributed by atoms with Crippen LogP contribution >= 0.6 is 11.6 Å². The molecular formula is C33H27ClN4O6. The average molecular weight is 611 g/mol. The van der Waals surface area contributed by atoms with Crippen LogP contribution in [0.1, 0.15) is 45.8 Å². The summed E-state index contributed by atoms with van der Waals surface area (Å²) in [6.45, 7) is 4.13. The molecule has 5 aromatic rings. The summed E-state index contributed by atoms with van der Waals surface area (Å²) < 4.78 is 11.1. The van der Waals surface area contributed by atoms with E-state index in [0.29, 0.717) is 28.5 Å². The van der Waals surface area contributed by atoms with E-state index in [-0.39, 0.29) is 22.7 Å². The van der Waals surface area contributed by atoms with E-state index in [9.17, 15) is 19.7 Å². The van der Waals surface area contributed by atoms with E-state index in [1.807, 2.05) is 43.3 Å². The van der Waals surface area contributed by atoms with Gasteiger partial charge in [-0.2, -0.15) is 5.10 Å². The fraction of sp³-hybridized carbons (Fsp3) is 0.121. The number of ether oxygens (including phenoxy) is 2. The summed E-state index contributed by atoms with van der Waals surface area (Å²) in [5.74, 6) is -0.714. The molecule has 5 rings (SSSR count). The largest absolute Gasteiger partial charge is 0.490 e. The van der Waals surface area contributed by atoms with Gasteiger partial charge in [0.25, 0.3) is 11.6 Å². The van der Waals surface area contributed by atoms with Crippen molar-refractivity contribution in [2.75, 3.05) is 6.61 Å². The van der Waals surface area contributed by atoms with Crippen molar-refractivity contribution in [3.63, 3.8) is 0 Å². The number of rotatable bonds is 10. The third kappa shape index (κ3) is 6.30.